The van der Waals surface area contributed by atoms with E-state index in [9.17, 15) is 18.4 Å². The number of carboxylic acid groups (broad SMARTS) is 1. The van der Waals surface area contributed by atoms with Crippen LogP contribution in [0.2, 0.25) is 5.02 Å². The number of aliphatic carboxylic acids is 1. The maximum atomic E-state index is 12.3. The molecule has 1 amide bonds. The van der Waals surface area contributed by atoms with E-state index < -0.39 is 24.5 Å². The standard InChI is InChI=1S/C14H14ClF2NO4/c1-8(13(20)21)18(2)12(19)6-3-9-7-10(15)4-5-11(9)22-14(16)17/h3-8,14H,1-2H3,(H,20,21). The van der Waals surface area contributed by atoms with Crippen LogP contribution in [-0.4, -0.2) is 41.6 Å². The number of hydrogen-bond acceptors (Lipinski definition) is 3. The van der Waals surface area contributed by atoms with E-state index in [1.54, 1.807) is 0 Å². The van der Waals surface area contributed by atoms with E-state index in [-0.39, 0.29) is 16.3 Å². The molecule has 1 unspecified atom stereocenters. The van der Waals surface area contributed by atoms with Crippen molar-refractivity contribution in [3.05, 3.63) is 34.9 Å². The van der Waals surface area contributed by atoms with Crippen molar-refractivity contribution in [1.82, 2.24) is 4.90 Å². The van der Waals surface area contributed by atoms with Crippen LogP contribution in [0.15, 0.2) is 24.3 Å². The first-order chi connectivity index (χ1) is 10.2. The summed E-state index contributed by atoms with van der Waals surface area (Å²) < 4.78 is 28.9. The first-order valence-electron chi connectivity index (χ1n) is 6.14. The minimum absolute atomic E-state index is 0.141. The molecule has 0 radical (unpaired) electrons. The van der Waals surface area contributed by atoms with Gasteiger partial charge in [-0.15, -0.1) is 0 Å². The molecule has 5 nitrogen and oxygen atoms in total. The van der Waals surface area contributed by atoms with Gasteiger partial charge in [-0.1, -0.05) is 11.6 Å². The maximum absolute atomic E-state index is 12.3. The molecular weight excluding hydrogens is 320 g/mol. The molecule has 0 aliphatic rings. The van der Waals surface area contributed by atoms with Crippen LogP contribution in [-0.2, 0) is 9.59 Å². The molecule has 1 aromatic carbocycles. The Morgan fingerprint density at radius 1 is 1.41 bits per heavy atom. The van der Waals surface area contributed by atoms with Crippen molar-refractivity contribution in [3.63, 3.8) is 0 Å². The number of amides is 1. The monoisotopic (exact) mass is 333 g/mol. The second-order valence-corrected chi connectivity index (χ2v) is 4.79. The average molecular weight is 334 g/mol. The molecule has 0 spiro atoms. The molecule has 0 saturated carbocycles. The highest BCUT2D eigenvalue weighted by atomic mass is 35.5. The van der Waals surface area contributed by atoms with Gasteiger partial charge in [-0.05, 0) is 31.2 Å². The highest BCUT2D eigenvalue weighted by Gasteiger charge is 2.19. The third-order valence-electron chi connectivity index (χ3n) is 2.88. The number of alkyl halides is 2. The number of carbonyl (C=O) groups is 2. The Hall–Kier alpha value is -2.15. The first-order valence-corrected chi connectivity index (χ1v) is 6.52. The van der Waals surface area contributed by atoms with Gasteiger partial charge in [0, 0.05) is 23.7 Å². The number of nitrogens with zero attached hydrogens (tertiary/aromatic N) is 1. The summed E-state index contributed by atoms with van der Waals surface area (Å²) in [6, 6.07) is 2.96. The van der Waals surface area contributed by atoms with Gasteiger partial charge >= 0.3 is 12.6 Å². The van der Waals surface area contributed by atoms with Gasteiger partial charge in [-0.3, -0.25) is 4.79 Å². The predicted molar refractivity (Wildman–Crippen MR) is 77.0 cm³/mol. The summed E-state index contributed by atoms with van der Waals surface area (Å²) in [5, 5.41) is 9.11. The number of rotatable bonds is 6. The first kappa shape index (κ1) is 17.9. The number of carbonyl (C=O) groups excluding carboxylic acids is 1. The van der Waals surface area contributed by atoms with E-state index in [2.05, 4.69) is 4.74 Å². The van der Waals surface area contributed by atoms with Gasteiger partial charge in [0.05, 0.1) is 0 Å². The number of benzene rings is 1. The zero-order valence-corrected chi connectivity index (χ0v) is 12.6. The fourth-order valence-corrected chi connectivity index (χ4v) is 1.67. The van der Waals surface area contributed by atoms with Crippen molar-refractivity contribution < 1.29 is 28.2 Å². The molecule has 1 aromatic rings. The largest absolute Gasteiger partial charge is 0.480 e. The van der Waals surface area contributed by atoms with Crippen molar-refractivity contribution in [2.45, 2.75) is 19.6 Å². The zero-order valence-electron chi connectivity index (χ0n) is 11.8. The minimum atomic E-state index is -3.02. The minimum Gasteiger partial charge on any atom is -0.480 e. The van der Waals surface area contributed by atoms with Gasteiger partial charge in [0.2, 0.25) is 5.91 Å². The van der Waals surface area contributed by atoms with Crippen LogP contribution < -0.4 is 4.74 Å². The molecule has 8 heteroatoms. The molecule has 0 fully saturated rings. The number of halogens is 3. The van der Waals surface area contributed by atoms with Gasteiger partial charge in [0.15, 0.2) is 0 Å². The molecule has 0 heterocycles. The number of ether oxygens (including phenoxy) is 1. The summed E-state index contributed by atoms with van der Waals surface area (Å²) in [5.74, 6) is -1.90. The normalized spacial score (nSPS) is 12.5. The molecule has 0 saturated heterocycles. The van der Waals surface area contributed by atoms with Crippen LogP contribution in [0.1, 0.15) is 12.5 Å². The van der Waals surface area contributed by atoms with E-state index in [1.165, 1.54) is 38.2 Å². The molecule has 0 bridgehead atoms. The third-order valence-corrected chi connectivity index (χ3v) is 3.11. The van der Waals surface area contributed by atoms with Gasteiger partial charge < -0.3 is 14.7 Å². The molecule has 1 atom stereocenters. The fraction of sp³-hybridized carbons (Fsp3) is 0.286. The summed E-state index contributed by atoms with van der Waals surface area (Å²) >= 11 is 5.77. The summed E-state index contributed by atoms with van der Waals surface area (Å²) in [6.07, 6.45) is 2.29. The van der Waals surface area contributed by atoms with Crippen LogP contribution in [0.4, 0.5) is 8.78 Å². The summed E-state index contributed by atoms with van der Waals surface area (Å²) in [4.78, 5) is 23.6. The molecule has 22 heavy (non-hydrogen) atoms. The third kappa shape index (κ3) is 5.00. The SMILES string of the molecule is CC(C(=O)O)N(C)C(=O)C=Cc1cc(Cl)ccc1OC(F)F. The molecule has 0 aromatic heterocycles. The van der Waals surface area contributed by atoms with Crippen LogP contribution in [0.25, 0.3) is 6.08 Å². The highest BCUT2D eigenvalue weighted by molar-refractivity contribution is 6.30. The van der Waals surface area contributed by atoms with E-state index in [0.29, 0.717) is 0 Å². The smallest absolute Gasteiger partial charge is 0.387 e. The van der Waals surface area contributed by atoms with Crippen molar-refractivity contribution in [3.8, 4) is 5.75 Å². The van der Waals surface area contributed by atoms with Gasteiger partial charge in [0.1, 0.15) is 11.8 Å². The second kappa shape index (κ2) is 7.74. The van der Waals surface area contributed by atoms with E-state index in [4.69, 9.17) is 16.7 Å². The van der Waals surface area contributed by atoms with Crippen molar-refractivity contribution in [2.75, 3.05) is 7.05 Å². The molecule has 1 rings (SSSR count). The summed E-state index contributed by atoms with van der Waals surface area (Å²) in [6.45, 7) is -1.67. The van der Waals surface area contributed by atoms with Gasteiger partial charge in [0.25, 0.3) is 0 Å². The van der Waals surface area contributed by atoms with Gasteiger partial charge in [-0.2, -0.15) is 8.78 Å². The average Bonchev–Trinajstić information content (AvgIpc) is 2.44. The Bertz CT molecular complexity index is 592. The Morgan fingerprint density at radius 2 is 2.05 bits per heavy atom. The summed E-state index contributed by atoms with van der Waals surface area (Å²) in [5.41, 5.74) is 0.178. The molecular formula is C14H14ClF2NO4. The molecule has 0 aliphatic carbocycles. The number of hydrogen-bond donors (Lipinski definition) is 1. The molecule has 1 N–H and O–H groups in total. The van der Waals surface area contributed by atoms with E-state index in [1.807, 2.05) is 0 Å². The zero-order chi connectivity index (χ0) is 16.9. The number of likely N-dealkylation sites (N-methyl/N-ethyl adjacent to an activating group) is 1. The van der Waals surface area contributed by atoms with Crippen molar-refractivity contribution in [2.24, 2.45) is 0 Å². The Balaban J connectivity index is 2.95. The lowest BCUT2D eigenvalue weighted by Crippen LogP contribution is -2.39. The van der Waals surface area contributed by atoms with Crippen LogP contribution >= 0.6 is 11.6 Å². The van der Waals surface area contributed by atoms with E-state index >= 15 is 0 Å². The Kier molecular flexibility index (Phi) is 6.30. The van der Waals surface area contributed by atoms with Crippen molar-refractivity contribution in [1.29, 1.82) is 0 Å². The topological polar surface area (TPSA) is 66.8 Å². The van der Waals surface area contributed by atoms with Crippen LogP contribution in [0.3, 0.4) is 0 Å². The fourth-order valence-electron chi connectivity index (χ4n) is 1.49. The summed E-state index contributed by atoms with van der Waals surface area (Å²) in [7, 11) is 1.32. The van der Waals surface area contributed by atoms with Crippen LogP contribution in [0.5, 0.6) is 5.75 Å². The Labute approximate surface area is 130 Å². The van der Waals surface area contributed by atoms with Crippen molar-refractivity contribution >= 4 is 29.6 Å². The predicted octanol–water partition coefficient (Wildman–Crippen LogP) is 2.89. The molecule has 0 aliphatic heterocycles. The van der Waals surface area contributed by atoms with Crippen LogP contribution in [0, 0.1) is 0 Å². The lowest BCUT2D eigenvalue weighted by Gasteiger charge is -2.19. The quantitative estimate of drug-likeness (QED) is 0.813. The Morgan fingerprint density at radius 3 is 2.59 bits per heavy atom. The lowest BCUT2D eigenvalue weighted by molar-refractivity contribution is -0.146. The van der Waals surface area contributed by atoms with Gasteiger partial charge in [-0.25, -0.2) is 4.79 Å². The lowest BCUT2D eigenvalue weighted by atomic mass is 10.2. The second-order valence-electron chi connectivity index (χ2n) is 4.36. The van der Waals surface area contributed by atoms with E-state index in [0.717, 1.165) is 11.0 Å². The maximum Gasteiger partial charge on any atom is 0.387 e. The molecule has 120 valence electrons. The number of carboxylic acids is 1. The highest BCUT2D eigenvalue weighted by Crippen LogP contribution is 2.25.